The largest absolute Gasteiger partial charge is 0.494 e. The van der Waals surface area contributed by atoms with Crippen molar-refractivity contribution >= 4 is 19.7 Å². The summed E-state index contributed by atoms with van der Waals surface area (Å²) in [6.45, 7) is 20.8. The lowest BCUT2D eigenvalue weighted by atomic mass is 9.63. The Morgan fingerprint density at radius 3 is 1.53 bits per heavy atom. The summed E-state index contributed by atoms with van der Waals surface area (Å²) in [4.78, 5) is 2.59. The van der Waals surface area contributed by atoms with Crippen LogP contribution in [0.25, 0.3) is 0 Å². The van der Waals surface area contributed by atoms with Gasteiger partial charge in [-0.15, -0.1) is 0 Å². The highest BCUT2D eigenvalue weighted by atomic mass is 16.7. The van der Waals surface area contributed by atoms with Crippen LogP contribution in [0, 0.1) is 0 Å². The number of benzene rings is 3. The van der Waals surface area contributed by atoms with Crippen LogP contribution in [0.4, 0.5) is 0 Å². The second-order valence-corrected chi connectivity index (χ2v) is 14.3. The van der Waals surface area contributed by atoms with E-state index in [2.05, 4.69) is 152 Å². The fourth-order valence-corrected chi connectivity index (χ4v) is 6.11. The number of rotatable bonds is 10. The number of nitrogens with zero attached hydrogens (tertiary/aromatic N) is 1. The Morgan fingerprint density at radius 1 is 0.605 bits per heavy atom. The van der Waals surface area contributed by atoms with E-state index in [9.17, 15) is 0 Å². The van der Waals surface area contributed by atoms with Crippen molar-refractivity contribution in [2.24, 2.45) is 0 Å². The third-order valence-corrected chi connectivity index (χ3v) is 10.1. The first-order valence-corrected chi connectivity index (χ1v) is 15.9. The molecule has 2 saturated heterocycles. The first-order valence-electron chi connectivity index (χ1n) is 15.9. The molecule has 0 bridgehead atoms. The van der Waals surface area contributed by atoms with Crippen molar-refractivity contribution in [1.82, 2.24) is 4.90 Å². The molecule has 43 heavy (non-hydrogen) atoms. The van der Waals surface area contributed by atoms with Crippen LogP contribution in [-0.2, 0) is 31.7 Å². The zero-order valence-electron chi connectivity index (χ0n) is 27.6. The molecule has 0 radical (unpaired) electrons. The lowest BCUT2D eigenvalue weighted by molar-refractivity contribution is 0.00578. The van der Waals surface area contributed by atoms with Crippen molar-refractivity contribution in [2.75, 3.05) is 0 Å². The van der Waals surface area contributed by atoms with E-state index in [4.69, 9.17) is 18.6 Å². The van der Waals surface area contributed by atoms with Gasteiger partial charge in [-0.3, -0.25) is 4.90 Å². The van der Waals surface area contributed by atoms with Gasteiger partial charge in [-0.2, -0.15) is 0 Å². The van der Waals surface area contributed by atoms with Gasteiger partial charge in [-0.25, -0.2) is 0 Å². The van der Waals surface area contributed by atoms with E-state index in [0.29, 0.717) is 0 Å². The molecule has 0 spiro atoms. The molecule has 5 nitrogen and oxygen atoms in total. The second kappa shape index (κ2) is 12.2. The van der Waals surface area contributed by atoms with Crippen LogP contribution < -0.4 is 5.46 Å². The molecule has 0 saturated carbocycles. The minimum Gasteiger partial charge on any atom is -0.403 e. The average molecular weight is 581 g/mol. The maximum absolute atomic E-state index is 6.76. The maximum atomic E-state index is 6.76. The SMILES string of the molecule is CC[C@@H](B1OC(C)(C)C(C)(C)O1)[C@@H](c1cccc(B2OC(C)(C)C(C)(C)O2)c1)N(Cc1ccccc1)Cc1ccccc1. The topological polar surface area (TPSA) is 40.2 Å². The molecule has 0 N–H and O–H groups in total. The molecule has 3 aromatic rings. The molecule has 2 atom stereocenters. The highest BCUT2D eigenvalue weighted by Crippen LogP contribution is 2.47. The van der Waals surface area contributed by atoms with E-state index in [1.807, 2.05) is 0 Å². The second-order valence-electron chi connectivity index (χ2n) is 14.3. The molecule has 0 aromatic heterocycles. The molecule has 0 amide bonds. The Bertz CT molecular complexity index is 1290. The summed E-state index contributed by atoms with van der Waals surface area (Å²) >= 11 is 0. The van der Waals surface area contributed by atoms with Gasteiger partial charge in [0.25, 0.3) is 0 Å². The highest BCUT2D eigenvalue weighted by molar-refractivity contribution is 6.62. The fourth-order valence-electron chi connectivity index (χ4n) is 6.11. The van der Waals surface area contributed by atoms with Gasteiger partial charge in [0.15, 0.2) is 0 Å². The molecule has 0 aliphatic carbocycles. The molecule has 5 rings (SSSR count). The molecular weight excluding hydrogens is 532 g/mol. The summed E-state index contributed by atoms with van der Waals surface area (Å²) in [5.74, 6) is 0.0713. The van der Waals surface area contributed by atoms with E-state index in [-0.39, 0.29) is 19.0 Å². The Hall–Kier alpha value is -2.41. The Labute approximate surface area is 260 Å². The number of hydrogen-bond acceptors (Lipinski definition) is 5. The lowest BCUT2D eigenvalue weighted by Gasteiger charge is -2.38. The normalized spacial score (nSPS) is 21.7. The van der Waals surface area contributed by atoms with Crippen molar-refractivity contribution in [3.05, 3.63) is 102 Å². The van der Waals surface area contributed by atoms with Crippen molar-refractivity contribution in [1.29, 1.82) is 0 Å². The van der Waals surface area contributed by atoms with Gasteiger partial charge in [0.2, 0.25) is 0 Å². The molecule has 7 heteroatoms. The summed E-state index contributed by atoms with van der Waals surface area (Å²) in [5, 5.41) is 0. The van der Waals surface area contributed by atoms with Crippen molar-refractivity contribution < 1.29 is 18.6 Å². The molecular formula is C36H49B2NO4. The molecule has 0 unspecified atom stereocenters. The van der Waals surface area contributed by atoms with E-state index in [1.54, 1.807) is 0 Å². The summed E-state index contributed by atoms with van der Waals surface area (Å²) in [5.41, 5.74) is 3.14. The Kier molecular flexibility index (Phi) is 9.06. The van der Waals surface area contributed by atoms with Gasteiger partial charge in [0.1, 0.15) is 0 Å². The maximum Gasteiger partial charge on any atom is 0.494 e. The van der Waals surface area contributed by atoms with Crippen LogP contribution in [0.1, 0.15) is 91.5 Å². The monoisotopic (exact) mass is 581 g/mol. The first kappa shape index (κ1) is 32.0. The minimum absolute atomic E-state index is 0.00230. The van der Waals surface area contributed by atoms with Crippen molar-refractivity contribution in [3.8, 4) is 0 Å². The first-order chi connectivity index (χ1) is 20.2. The average Bonchev–Trinajstić information content (AvgIpc) is 3.31. The molecule has 2 aliphatic heterocycles. The number of hydrogen-bond donors (Lipinski definition) is 0. The molecule has 228 valence electrons. The zero-order chi connectivity index (χ0) is 31.0. The molecule has 2 heterocycles. The predicted octanol–water partition coefficient (Wildman–Crippen LogP) is 7.60. The van der Waals surface area contributed by atoms with Crippen LogP contribution >= 0.6 is 0 Å². The lowest BCUT2D eigenvalue weighted by Crippen LogP contribution is -2.41. The van der Waals surface area contributed by atoms with Crippen LogP contribution in [0.15, 0.2) is 84.9 Å². The third kappa shape index (κ3) is 6.67. The van der Waals surface area contributed by atoms with Gasteiger partial charge in [0, 0.05) is 24.9 Å². The summed E-state index contributed by atoms with van der Waals surface area (Å²) in [7, 11) is -0.784. The standard InChI is InChI=1S/C36H49B2NO4/c1-10-31(38-42-35(6,7)36(8,9)43-38)32(29-22-17-23-30(24-29)37-40-33(2,3)34(4,5)41-37)39(25-27-18-13-11-14-19-27)26-28-20-15-12-16-21-28/h11-24,31-32H,10,25-26H2,1-9H3/t31-,32-/m1/s1. The van der Waals surface area contributed by atoms with Crippen LogP contribution in [0.2, 0.25) is 5.82 Å². The molecule has 3 aromatic carbocycles. The summed E-state index contributed by atoms with van der Waals surface area (Å²) in [6.07, 6.45) is 0.891. The van der Waals surface area contributed by atoms with Crippen LogP contribution in [-0.4, -0.2) is 41.5 Å². The molecule has 2 aliphatic rings. The Morgan fingerprint density at radius 2 is 1.07 bits per heavy atom. The smallest absolute Gasteiger partial charge is 0.403 e. The third-order valence-electron chi connectivity index (χ3n) is 10.1. The van der Waals surface area contributed by atoms with Gasteiger partial charge in [-0.05, 0) is 77.5 Å². The van der Waals surface area contributed by atoms with Crippen LogP contribution in [0.3, 0.4) is 0 Å². The molecule has 2 fully saturated rings. The van der Waals surface area contributed by atoms with E-state index in [0.717, 1.165) is 25.0 Å². The zero-order valence-corrected chi connectivity index (χ0v) is 27.6. The van der Waals surface area contributed by atoms with Gasteiger partial charge in [0.05, 0.1) is 22.4 Å². The van der Waals surface area contributed by atoms with Gasteiger partial charge in [-0.1, -0.05) is 98.3 Å². The van der Waals surface area contributed by atoms with Gasteiger partial charge >= 0.3 is 14.2 Å². The minimum atomic E-state index is -0.431. The van der Waals surface area contributed by atoms with E-state index < -0.39 is 29.5 Å². The van der Waals surface area contributed by atoms with Crippen LogP contribution in [0.5, 0.6) is 0 Å². The summed E-state index contributed by atoms with van der Waals surface area (Å²) < 4.78 is 26.5. The predicted molar refractivity (Wildman–Crippen MR) is 177 cm³/mol. The Balaban J connectivity index is 1.60. The highest BCUT2D eigenvalue weighted by Gasteiger charge is 2.56. The summed E-state index contributed by atoms with van der Waals surface area (Å²) in [6, 6.07) is 30.3. The van der Waals surface area contributed by atoms with Crippen molar-refractivity contribution in [2.45, 2.75) is 116 Å². The van der Waals surface area contributed by atoms with E-state index >= 15 is 0 Å². The van der Waals surface area contributed by atoms with Crippen molar-refractivity contribution in [3.63, 3.8) is 0 Å². The van der Waals surface area contributed by atoms with E-state index in [1.165, 1.54) is 16.7 Å². The quantitative estimate of drug-likeness (QED) is 0.231. The van der Waals surface area contributed by atoms with Gasteiger partial charge < -0.3 is 18.6 Å². The fraction of sp³-hybridized carbons (Fsp3) is 0.500.